The number of aromatic nitrogens is 4. The number of ether oxygens (including phenoxy) is 1. The van der Waals surface area contributed by atoms with Crippen molar-refractivity contribution in [1.82, 2.24) is 30.8 Å². The van der Waals surface area contributed by atoms with Crippen molar-refractivity contribution in [3.63, 3.8) is 0 Å². The highest BCUT2D eigenvalue weighted by atomic mass is 35.5. The lowest BCUT2D eigenvalue weighted by Crippen LogP contribution is -2.42. The standard InChI is InChI=1S/C22H25ClN6O3S/c1-32-18-5-3-2-4-16(18)17(25-21(30)11-8-15-7-9-19(23)33-15)12-24-22(31)14-6-10-20-26-27-28-29(20)13-14/h2-5,7,9,14,17H,6,8,10-13H2,1H3,(H,24,31)(H,25,30). The first-order valence-corrected chi connectivity index (χ1v) is 11.9. The van der Waals surface area contributed by atoms with Crippen LogP contribution in [0.15, 0.2) is 36.4 Å². The van der Waals surface area contributed by atoms with Gasteiger partial charge in [-0.05, 0) is 41.5 Å². The second-order valence-corrected chi connectivity index (χ2v) is 9.63. The summed E-state index contributed by atoms with van der Waals surface area (Å²) < 4.78 is 7.87. The number of methoxy groups -OCH3 is 1. The number of tetrazole rings is 1. The van der Waals surface area contributed by atoms with Crippen molar-refractivity contribution >= 4 is 34.8 Å². The van der Waals surface area contributed by atoms with Crippen LogP contribution in [0, 0.1) is 5.92 Å². The van der Waals surface area contributed by atoms with Gasteiger partial charge in [-0.2, -0.15) is 0 Å². The zero-order valence-corrected chi connectivity index (χ0v) is 19.7. The first kappa shape index (κ1) is 23.2. The van der Waals surface area contributed by atoms with Crippen LogP contribution in [-0.2, 0) is 29.0 Å². The highest BCUT2D eigenvalue weighted by Gasteiger charge is 2.27. The average molecular weight is 489 g/mol. The number of fused-ring (bicyclic) bond motifs is 1. The maximum atomic E-state index is 12.9. The second-order valence-electron chi connectivity index (χ2n) is 7.83. The van der Waals surface area contributed by atoms with Crippen LogP contribution in [0.3, 0.4) is 0 Å². The van der Waals surface area contributed by atoms with Gasteiger partial charge in [-0.1, -0.05) is 29.8 Å². The molecule has 174 valence electrons. The number of halogens is 1. The minimum absolute atomic E-state index is 0.0847. The molecule has 2 N–H and O–H groups in total. The average Bonchev–Trinajstić information content (AvgIpc) is 3.48. The van der Waals surface area contributed by atoms with E-state index in [0.717, 1.165) is 16.3 Å². The van der Waals surface area contributed by atoms with E-state index < -0.39 is 6.04 Å². The molecule has 2 atom stereocenters. The number of nitrogens with zero attached hydrogens (tertiary/aromatic N) is 4. The van der Waals surface area contributed by atoms with Gasteiger partial charge in [0.2, 0.25) is 11.8 Å². The Morgan fingerprint density at radius 1 is 1.30 bits per heavy atom. The Bertz CT molecular complexity index is 1120. The summed E-state index contributed by atoms with van der Waals surface area (Å²) in [7, 11) is 1.59. The molecule has 4 rings (SSSR count). The van der Waals surface area contributed by atoms with Crippen molar-refractivity contribution in [3.05, 3.63) is 57.0 Å². The molecule has 0 fully saturated rings. The zero-order valence-electron chi connectivity index (χ0n) is 18.2. The summed E-state index contributed by atoms with van der Waals surface area (Å²) in [6.07, 6.45) is 2.26. The molecule has 0 aliphatic carbocycles. The summed E-state index contributed by atoms with van der Waals surface area (Å²) in [5, 5.41) is 17.6. The van der Waals surface area contributed by atoms with Gasteiger partial charge in [-0.25, -0.2) is 4.68 Å². The highest BCUT2D eigenvalue weighted by molar-refractivity contribution is 7.16. The third kappa shape index (κ3) is 5.88. The third-order valence-corrected chi connectivity index (χ3v) is 6.93. The molecule has 3 aromatic rings. The van der Waals surface area contributed by atoms with Crippen LogP contribution >= 0.6 is 22.9 Å². The first-order chi connectivity index (χ1) is 16.0. The number of rotatable bonds is 9. The fraction of sp³-hybridized carbons (Fsp3) is 0.409. The van der Waals surface area contributed by atoms with E-state index in [1.165, 1.54) is 11.3 Å². The zero-order chi connectivity index (χ0) is 23.2. The number of hydrogen-bond donors (Lipinski definition) is 2. The van der Waals surface area contributed by atoms with E-state index in [9.17, 15) is 9.59 Å². The lowest BCUT2D eigenvalue weighted by molar-refractivity contribution is -0.127. The van der Waals surface area contributed by atoms with E-state index >= 15 is 0 Å². The molecule has 0 saturated carbocycles. The van der Waals surface area contributed by atoms with Crippen molar-refractivity contribution in [2.24, 2.45) is 5.92 Å². The van der Waals surface area contributed by atoms with Crippen LogP contribution in [0.5, 0.6) is 5.75 Å². The van der Waals surface area contributed by atoms with Gasteiger partial charge in [0.1, 0.15) is 5.75 Å². The minimum atomic E-state index is -0.434. The predicted octanol–water partition coefficient (Wildman–Crippen LogP) is 2.57. The molecule has 3 heterocycles. The number of nitrogens with one attached hydrogen (secondary N) is 2. The monoisotopic (exact) mass is 488 g/mol. The minimum Gasteiger partial charge on any atom is -0.496 e. The molecule has 0 radical (unpaired) electrons. The Hall–Kier alpha value is -2.98. The summed E-state index contributed by atoms with van der Waals surface area (Å²) >= 11 is 7.45. The Balaban J connectivity index is 1.40. The number of carbonyl (C=O) groups excluding carboxylic acids is 2. The number of hydrogen-bond acceptors (Lipinski definition) is 7. The van der Waals surface area contributed by atoms with Crippen molar-refractivity contribution in [2.75, 3.05) is 13.7 Å². The van der Waals surface area contributed by atoms with Crippen LogP contribution in [0.25, 0.3) is 0 Å². The summed E-state index contributed by atoms with van der Waals surface area (Å²) in [6.45, 7) is 0.692. The molecule has 2 unspecified atom stereocenters. The largest absolute Gasteiger partial charge is 0.496 e. The first-order valence-electron chi connectivity index (χ1n) is 10.7. The van der Waals surface area contributed by atoms with E-state index in [1.807, 2.05) is 36.4 Å². The summed E-state index contributed by atoms with van der Waals surface area (Å²) in [5.74, 6) is 1.03. The van der Waals surface area contributed by atoms with Crippen LogP contribution in [0.1, 0.15) is 35.1 Å². The van der Waals surface area contributed by atoms with Gasteiger partial charge in [-0.15, -0.1) is 16.4 Å². The Morgan fingerprint density at radius 2 is 2.15 bits per heavy atom. The molecule has 0 bridgehead atoms. The van der Waals surface area contributed by atoms with Crippen LogP contribution in [0.4, 0.5) is 0 Å². The summed E-state index contributed by atoms with van der Waals surface area (Å²) in [5.41, 5.74) is 0.805. The molecule has 0 spiro atoms. The molecule has 9 nitrogen and oxygen atoms in total. The predicted molar refractivity (Wildman–Crippen MR) is 124 cm³/mol. The van der Waals surface area contributed by atoms with Gasteiger partial charge in [0, 0.05) is 29.8 Å². The van der Waals surface area contributed by atoms with Crippen molar-refractivity contribution in [2.45, 2.75) is 38.3 Å². The number of amides is 2. The van der Waals surface area contributed by atoms with Crippen molar-refractivity contribution < 1.29 is 14.3 Å². The van der Waals surface area contributed by atoms with Gasteiger partial charge in [-0.3, -0.25) is 9.59 Å². The van der Waals surface area contributed by atoms with E-state index in [-0.39, 0.29) is 24.3 Å². The summed E-state index contributed by atoms with van der Waals surface area (Å²) in [6, 6.07) is 10.8. The fourth-order valence-corrected chi connectivity index (χ4v) is 4.98. The molecule has 0 saturated heterocycles. The Kier molecular flexibility index (Phi) is 7.56. The molecule has 2 aromatic heterocycles. The van der Waals surface area contributed by atoms with Crippen LogP contribution < -0.4 is 15.4 Å². The molecule has 1 aliphatic rings. The molecular weight excluding hydrogens is 464 g/mol. The number of benzene rings is 1. The Morgan fingerprint density at radius 3 is 2.94 bits per heavy atom. The molecule has 1 aliphatic heterocycles. The lowest BCUT2D eigenvalue weighted by atomic mass is 9.98. The third-order valence-electron chi connectivity index (χ3n) is 5.64. The van der Waals surface area contributed by atoms with Gasteiger partial charge < -0.3 is 15.4 Å². The quantitative estimate of drug-likeness (QED) is 0.479. The Labute approximate surface area is 200 Å². The van der Waals surface area contributed by atoms with Gasteiger partial charge in [0.05, 0.1) is 30.0 Å². The van der Waals surface area contributed by atoms with E-state index in [2.05, 4.69) is 26.2 Å². The molecule has 33 heavy (non-hydrogen) atoms. The molecule has 2 amide bonds. The number of para-hydroxylation sites is 1. The van der Waals surface area contributed by atoms with Crippen molar-refractivity contribution in [1.29, 1.82) is 0 Å². The molecular formula is C22H25ClN6O3S. The lowest BCUT2D eigenvalue weighted by Gasteiger charge is -2.25. The fourth-order valence-electron chi connectivity index (χ4n) is 3.89. The SMILES string of the molecule is COc1ccccc1C(CNC(=O)C1CCc2nnnn2C1)NC(=O)CCc1ccc(Cl)s1. The van der Waals surface area contributed by atoms with E-state index in [1.54, 1.807) is 11.8 Å². The summed E-state index contributed by atoms with van der Waals surface area (Å²) in [4.78, 5) is 26.7. The van der Waals surface area contributed by atoms with Gasteiger partial charge in [0.25, 0.3) is 0 Å². The van der Waals surface area contributed by atoms with E-state index in [4.69, 9.17) is 16.3 Å². The van der Waals surface area contributed by atoms with Gasteiger partial charge >= 0.3 is 0 Å². The van der Waals surface area contributed by atoms with Crippen molar-refractivity contribution in [3.8, 4) is 5.75 Å². The highest BCUT2D eigenvalue weighted by Crippen LogP contribution is 2.26. The smallest absolute Gasteiger partial charge is 0.225 e. The second kappa shape index (κ2) is 10.8. The number of carbonyl (C=O) groups is 2. The normalized spacial score (nSPS) is 16.0. The number of thiophene rings is 1. The maximum Gasteiger partial charge on any atom is 0.225 e. The molecule has 11 heteroatoms. The molecule has 1 aromatic carbocycles. The van der Waals surface area contributed by atoms with Crippen LogP contribution in [-0.4, -0.2) is 45.7 Å². The van der Waals surface area contributed by atoms with E-state index in [0.29, 0.717) is 42.3 Å². The topological polar surface area (TPSA) is 111 Å². The maximum absolute atomic E-state index is 12.9. The number of aryl methyl sites for hydroxylation is 2. The van der Waals surface area contributed by atoms with Gasteiger partial charge in [0.15, 0.2) is 5.82 Å². The van der Waals surface area contributed by atoms with Crippen LogP contribution in [0.2, 0.25) is 4.34 Å².